The van der Waals surface area contributed by atoms with Crippen LogP contribution in [-0.4, -0.2) is 20.1 Å². The molecule has 112 valence electrons. The lowest BCUT2D eigenvalue weighted by atomic mass is 9.94. The number of aryl methyl sites for hydroxylation is 1. The summed E-state index contributed by atoms with van der Waals surface area (Å²) >= 11 is 0. The summed E-state index contributed by atoms with van der Waals surface area (Å²) in [6.45, 7) is 3.08. The van der Waals surface area contributed by atoms with E-state index in [2.05, 4.69) is 4.72 Å². The van der Waals surface area contributed by atoms with Crippen molar-refractivity contribution in [2.45, 2.75) is 24.3 Å². The van der Waals surface area contributed by atoms with E-state index in [1.807, 2.05) is 18.2 Å². The average molecular weight is 305 g/mol. The summed E-state index contributed by atoms with van der Waals surface area (Å²) in [6, 6.07) is 15.8. The maximum Gasteiger partial charge on any atom is 0.241 e. The van der Waals surface area contributed by atoms with Gasteiger partial charge in [-0.3, -0.25) is 0 Å². The second-order valence-corrected chi connectivity index (χ2v) is 6.88. The Hall–Kier alpha value is -1.69. The number of benzene rings is 2. The Balaban J connectivity index is 2.41. The molecule has 0 aliphatic carbocycles. The van der Waals surface area contributed by atoms with Gasteiger partial charge in [0.05, 0.1) is 17.0 Å². The van der Waals surface area contributed by atoms with Crippen LogP contribution in [0, 0.1) is 6.92 Å². The Kier molecular flexibility index (Phi) is 4.46. The molecule has 0 amide bonds. The summed E-state index contributed by atoms with van der Waals surface area (Å²) < 4.78 is 27.8. The first-order chi connectivity index (χ1) is 9.89. The molecule has 1 atom stereocenters. The highest BCUT2D eigenvalue weighted by Crippen LogP contribution is 2.24. The van der Waals surface area contributed by atoms with Crippen LogP contribution in [0.3, 0.4) is 0 Å². The molecule has 1 unspecified atom stereocenters. The third-order valence-corrected chi connectivity index (χ3v) is 5.23. The number of rotatable bonds is 5. The molecular formula is C16H19NO3S. The molecule has 5 heteroatoms. The third-order valence-electron chi connectivity index (χ3n) is 3.47. The minimum Gasteiger partial charge on any atom is -0.394 e. The molecule has 0 aromatic heterocycles. The van der Waals surface area contributed by atoms with Gasteiger partial charge in [0.2, 0.25) is 10.0 Å². The van der Waals surface area contributed by atoms with Crippen molar-refractivity contribution in [2.75, 3.05) is 6.61 Å². The van der Waals surface area contributed by atoms with E-state index in [1.165, 1.54) is 0 Å². The van der Waals surface area contributed by atoms with Gasteiger partial charge in [-0.2, -0.15) is 4.72 Å². The summed E-state index contributed by atoms with van der Waals surface area (Å²) in [7, 11) is -3.72. The standard InChI is InChI=1S/C16H19NO3S/c1-13-8-6-7-11-15(13)21(19,20)17-16(2,12-18)14-9-4-3-5-10-14/h3-11,17-18H,12H2,1-2H3. The van der Waals surface area contributed by atoms with E-state index in [9.17, 15) is 13.5 Å². The largest absolute Gasteiger partial charge is 0.394 e. The average Bonchev–Trinajstić information content (AvgIpc) is 2.48. The fourth-order valence-corrected chi connectivity index (χ4v) is 3.83. The van der Waals surface area contributed by atoms with Gasteiger partial charge in [-0.25, -0.2) is 8.42 Å². The zero-order chi connectivity index (χ0) is 15.5. The van der Waals surface area contributed by atoms with Crippen molar-refractivity contribution in [2.24, 2.45) is 0 Å². The minimum atomic E-state index is -3.72. The van der Waals surface area contributed by atoms with Crippen LogP contribution in [0.25, 0.3) is 0 Å². The predicted molar refractivity (Wildman–Crippen MR) is 82.4 cm³/mol. The zero-order valence-corrected chi connectivity index (χ0v) is 12.9. The van der Waals surface area contributed by atoms with E-state index in [1.54, 1.807) is 50.2 Å². The van der Waals surface area contributed by atoms with Crippen LogP contribution in [0.4, 0.5) is 0 Å². The number of hydrogen-bond acceptors (Lipinski definition) is 3. The van der Waals surface area contributed by atoms with Crippen molar-refractivity contribution in [3.63, 3.8) is 0 Å². The summed E-state index contributed by atoms with van der Waals surface area (Å²) in [4.78, 5) is 0.223. The number of aliphatic hydroxyl groups is 1. The van der Waals surface area contributed by atoms with Gasteiger partial charge < -0.3 is 5.11 Å². The monoisotopic (exact) mass is 305 g/mol. The normalized spacial score (nSPS) is 14.6. The third kappa shape index (κ3) is 3.32. The molecular weight excluding hydrogens is 286 g/mol. The molecule has 0 radical (unpaired) electrons. The van der Waals surface area contributed by atoms with Crippen molar-refractivity contribution in [1.82, 2.24) is 4.72 Å². The van der Waals surface area contributed by atoms with E-state index in [0.717, 1.165) is 0 Å². The molecule has 2 aromatic carbocycles. The van der Waals surface area contributed by atoms with Gasteiger partial charge in [0, 0.05) is 0 Å². The smallest absolute Gasteiger partial charge is 0.241 e. The zero-order valence-electron chi connectivity index (χ0n) is 12.1. The molecule has 0 bridgehead atoms. The number of nitrogens with one attached hydrogen (secondary N) is 1. The molecule has 0 saturated heterocycles. The topological polar surface area (TPSA) is 66.4 Å². The molecule has 2 rings (SSSR count). The van der Waals surface area contributed by atoms with Gasteiger partial charge in [0.25, 0.3) is 0 Å². The van der Waals surface area contributed by atoms with E-state index in [-0.39, 0.29) is 11.5 Å². The number of aliphatic hydroxyl groups excluding tert-OH is 1. The van der Waals surface area contributed by atoms with Crippen LogP contribution in [0.15, 0.2) is 59.5 Å². The van der Waals surface area contributed by atoms with Crippen LogP contribution < -0.4 is 4.72 Å². The summed E-state index contributed by atoms with van der Waals surface area (Å²) in [5.41, 5.74) is 0.311. The van der Waals surface area contributed by atoms with E-state index >= 15 is 0 Å². The van der Waals surface area contributed by atoms with E-state index in [4.69, 9.17) is 0 Å². The van der Waals surface area contributed by atoms with Crippen molar-refractivity contribution in [3.8, 4) is 0 Å². The Morgan fingerprint density at radius 3 is 2.19 bits per heavy atom. The quantitative estimate of drug-likeness (QED) is 0.890. The van der Waals surface area contributed by atoms with Crippen molar-refractivity contribution < 1.29 is 13.5 Å². The van der Waals surface area contributed by atoms with Gasteiger partial charge >= 0.3 is 0 Å². The Morgan fingerprint density at radius 2 is 1.62 bits per heavy atom. The van der Waals surface area contributed by atoms with Crippen molar-refractivity contribution in [1.29, 1.82) is 0 Å². The fourth-order valence-electron chi connectivity index (χ4n) is 2.20. The van der Waals surface area contributed by atoms with Gasteiger partial charge in [-0.15, -0.1) is 0 Å². The van der Waals surface area contributed by atoms with E-state index < -0.39 is 15.6 Å². The molecule has 0 spiro atoms. The van der Waals surface area contributed by atoms with Gasteiger partial charge in [0.15, 0.2) is 0 Å². The van der Waals surface area contributed by atoms with Gasteiger partial charge in [0.1, 0.15) is 0 Å². The molecule has 2 N–H and O–H groups in total. The Bertz CT molecular complexity index is 713. The van der Waals surface area contributed by atoms with Crippen molar-refractivity contribution in [3.05, 3.63) is 65.7 Å². The van der Waals surface area contributed by atoms with Crippen LogP contribution in [0.2, 0.25) is 0 Å². The highest BCUT2D eigenvalue weighted by molar-refractivity contribution is 7.89. The molecule has 0 fully saturated rings. The van der Waals surface area contributed by atoms with Gasteiger partial charge in [-0.05, 0) is 31.0 Å². The Labute approximate surface area is 125 Å². The molecule has 21 heavy (non-hydrogen) atoms. The summed E-state index contributed by atoms with van der Waals surface area (Å²) in [5, 5.41) is 9.69. The molecule has 4 nitrogen and oxygen atoms in total. The van der Waals surface area contributed by atoms with Gasteiger partial charge in [-0.1, -0.05) is 48.5 Å². The lowest BCUT2D eigenvalue weighted by Crippen LogP contribution is -2.46. The highest BCUT2D eigenvalue weighted by atomic mass is 32.2. The Morgan fingerprint density at radius 1 is 1.05 bits per heavy atom. The van der Waals surface area contributed by atoms with Crippen LogP contribution in [0.1, 0.15) is 18.1 Å². The van der Waals surface area contributed by atoms with Crippen LogP contribution in [0.5, 0.6) is 0 Å². The highest BCUT2D eigenvalue weighted by Gasteiger charge is 2.32. The fraction of sp³-hybridized carbons (Fsp3) is 0.250. The molecule has 0 aliphatic heterocycles. The second kappa shape index (κ2) is 5.97. The number of hydrogen-bond donors (Lipinski definition) is 2. The minimum absolute atomic E-state index is 0.223. The van der Waals surface area contributed by atoms with Crippen LogP contribution >= 0.6 is 0 Å². The van der Waals surface area contributed by atoms with Crippen molar-refractivity contribution >= 4 is 10.0 Å². The molecule has 0 aliphatic rings. The lowest BCUT2D eigenvalue weighted by Gasteiger charge is -2.29. The summed E-state index contributed by atoms with van der Waals surface area (Å²) in [6.07, 6.45) is 0. The van der Waals surface area contributed by atoms with Crippen LogP contribution in [-0.2, 0) is 15.6 Å². The maximum atomic E-state index is 12.6. The molecule has 0 saturated carbocycles. The second-order valence-electron chi connectivity index (χ2n) is 5.23. The molecule has 0 heterocycles. The van der Waals surface area contributed by atoms with E-state index in [0.29, 0.717) is 11.1 Å². The number of sulfonamides is 1. The lowest BCUT2D eigenvalue weighted by molar-refractivity contribution is 0.196. The first-order valence-electron chi connectivity index (χ1n) is 6.65. The first-order valence-corrected chi connectivity index (χ1v) is 8.13. The predicted octanol–water partition coefficient (Wildman–Crippen LogP) is 2.18. The SMILES string of the molecule is Cc1ccccc1S(=O)(=O)NC(C)(CO)c1ccccc1. The maximum absolute atomic E-state index is 12.6. The first kappa shape index (κ1) is 15.7. The summed E-state index contributed by atoms with van der Waals surface area (Å²) in [5.74, 6) is 0. The molecule has 2 aromatic rings.